The number of nitrogens with one attached hydrogen (secondary N) is 1. The molecule has 1 saturated carbocycles. The molecule has 0 atom stereocenters. The molecule has 0 aromatic carbocycles. The van der Waals surface area contributed by atoms with Gasteiger partial charge in [-0.05, 0) is 12.3 Å². The lowest BCUT2D eigenvalue weighted by Gasteiger charge is -2.29. The molecule has 17 heavy (non-hydrogen) atoms. The fraction of sp³-hybridized carbons (Fsp3) is 1.00. The van der Waals surface area contributed by atoms with Gasteiger partial charge in [0.05, 0.1) is 25.6 Å². The van der Waals surface area contributed by atoms with Gasteiger partial charge in [0.25, 0.3) is 0 Å². The molecule has 0 saturated heterocycles. The molecule has 1 rings (SSSR count). The molecule has 0 spiro atoms. The van der Waals surface area contributed by atoms with Crippen LogP contribution in [0, 0.1) is 5.92 Å². The molecular weight excluding hydrogens is 246 g/mol. The second-order valence-corrected chi connectivity index (χ2v) is 6.60. The van der Waals surface area contributed by atoms with Gasteiger partial charge in [-0.25, -0.2) is 13.1 Å². The maximum absolute atomic E-state index is 11.7. The van der Waals surface area contributed by atoms with Gasteiger partial charge in [0.2, 0.25) is 10.0 Å². The largest absolute Gasteiger partial charge is 0.394 e. The van der Waals surface area contributed by atoms with Crippen molar-refractivity contribution in [3.8, 4) is 0 Å². The zero-order valence-electron chi connectivity index (χ0n) is 9.80. The molecule has 1 fully saturated rings. The number of hydrogen-bond donors (Lipinski definition) is 4. The number of sulfonamides is 1. The van der Waals surface area contributed by atoms with E-state index in [-0.39, 0.29) is 5.75 Å². The van der Waals surface area contributed by atoms with Crippen molar-refractivity contribution in [1.29, 1.82) is 0 Å². The van der Waals surface area contributed by atoms with Gasteiger partial charge < -0.3 is 15.3 Å². The molecule has 1 aliphatic carbocycles. The lowest BCUT2D eigenvalue weighted by molar-refractivity contribution is 0.0581. The van der Waals surface area contributed by atoms with Crippen molar-refractivity contribution in [2.45, 2.75) is 31.2 Å². The van der Waals surface area contributed by atoms with Crippen molar-refractivity contribution in [1.82, 2.24) is 4.72 Å². The van der Waals surface area contributed by atoms with Crippen LogP contribution in [0.4, 0.5) is 0 Å². The average molecular weight is 267 g/mol. The monoisotopic (exact) mass is 267 g/mol. The smallest absolute Gasteiger partial charge is 0.212 e. The number of rotatable bonds is 8. The van der Waals surface area contributed by atoms with Crippen molar-refractivity contribution < 1.29 is 23.7 Å². The van der Waals surface area contributed by atoms with Crippen molar-refractivity contribution in [2.75, 3.05) is 25.6 Å². The first-order chi connectivity index (χ1) is 7.97. The molecule has 102 valence electrons. The molecule has 0 bridgehead atoms. The summed E-state index contributed by atoms with van der Waals surface area (Å²) in [6.07, 6.45) is 3.89. The van der Waals surface area contributed by atoms with Crippen molar-refractivity contribution >= 4 is 10.0 Å². The lowest BCUT2D eigenvalue weighted by atomic mass is 9.84. The Morgan fingerprint density at radius 2 is 1.65 bits per heavy atom. The summed E-state index contributed by atoms with van der Waals surface area (Å²) in [5.41, 5.74) is -1.56. The van der Waals surface area contributed by atoms with E-state index < -0.39 is 35.4 Å². The second kappa shape index (κ2) is 6.10. The van der Waals surface area contributed by atoms with Gasteiger partial charge in [-0.15, -0.1) is 0 Å². The Hall–Kier alpha value is -0.210. The van der Waals surface area contributed by atoms with Gasteiger partial charge in [0, 0.05) is 0 Å². The van der Waals surface area contributed by atoms with E-state index in [1.54, 1.807) is 0 Å². The predicted octanol–water partition coefficient (Wildman–Crippen LogP) is -1.19. The molecule has 4 N–H and O–H groups in total. The van der Waals surface area contributed by atoms with Crippen LogP contribution in [0.1, 0.15) is 25.7 Å². The third-order valence-corrected chi connectivity index (χ3v) is 4.82. The van der Waals surface area contributed by atoms with Crippen LogP contribution in [-0.4, -0.2) is 54.8 Å². The Bertz CT molecular complexity index is 313. The first-order valence-corrected chi connectivity index (χ1v) is 7.46. The maximum Gasteiger partial charge on any atom is 0.212 e. The molecule has 0 heterocycles. The van der Waals surface area contributed by atoms with Crippen molar-refractivity contribution in [2.24, 2.45) is 5.92 Å². The highest BCUT2D eigenvalue weighted by atomic mass is 32.2. The van der Waals surface area contributed by atoms with Crippen molar-refractivity contribution in [3.05, 3.63) is 0 Å². The van der Waals surface area contributed by atoms with E-state index in [4.69, 9.17) is 15.3 Å². The van der Waals surface area contributed by atoms with Crippen molar-refractivity contribution in [3.63, 3.8) is 0 Å². The molecule has 7 heteroatoms. The van der Waals surface area contributed by atoms with E-state index in [0.717, 1.165) is 19.3 Å². The van der Waals surface area contributed by atoms with E-state index in [9.17, 15) is 8.42 Å². The predicted molar refractivity (Wildman–Crippen MR) is 62.9 cm³/mol. The summed E-state index contributed by atoms with van der Waals surface area (Å²) in [4.78, 5) is 0. The topological polar surface area (TPSA) is 107 Å². The van der Waals surface area contributed by atoms with Gasteiger partial charge in [0.1, 0.15) is 5.54 Å². The zero-order valence-corrected chi connectivity index (χ0v) is 10.6. The number of aliphatic hydroxyl groups is 3. The van der Waals surface area contributed by atoms with Crippen LogP contribution in [0.5, 0.6) is 0 Å². The Balaban J connectivity index is 2.50. The van der Waals surface area contributed by atoms with E-state index in [1.165, 1.54) is 0 Å². The van der Waals surface area contributed by atoms with Gasteiger partial charge >= 0.3 is 0 Å². The van der Waals surface area contributed by atoms with Crippen LogP contribution >= 0.6 is 0 Å². The summed E-state index contributed by atoms with van der Waals surface area (Å²) in [6, 6.07) is 0. The summed E-state index contributed by atoms with van der Waals surface area (Å²) in [5.74, 6) is 0.442. The molecule has 0 aromatic rings. The molecule has 0 aromatic heterocycles. The molecule has 0 unspecified atom stereocenters. The molecule has 0 aliphatic heterocycles. The zero-order chi connectivity index (χ0) is 12.9. The molecule has 0 amide bonds. The van der Waals surface area contributed by atoms with E-state index >= 15 is 0 Å². The minimum absolute atomic E-state index is 0.0284. The quantitative estimate of drug-likeness (QED) is 0.442. The van der Waals surface area contributed by atoms with E-state index in [2.05, 4.69) is 4.72 Å². The van der Waals surface area contributed by atoms with E-state index in [1.807, 2.05) is 0 Å². The Morgan fingerprint density at radius 3 is 2.00 bits per heavy atom. The van der Waals surface area contributed by atoms with Gasteiger partial charge in [-0.1, -0.05) is 19.3 Å². The lowest BCUT2D eigenvalue weighted by Crippen LogP contribution is -2.57. The number of hydrogen-bond acceptors (Lipinski definition) is 5. The normalized spacial score (nSPS) is 18.1. The first-order valence-electron chi connectivity index (χ1n) is 5.81. The fourth-order valence-corrected chi connectivity index (χ4v) is 3.33. The Kier molecular flexibility index (Phi) is 5.33. The summed E-state index contributed by atoms with van der Waals surface area (Å²) < 4.78 is 25.6. The third-order valence-electron chi connectivity index (χ3n) is 3.30. The Labute approximate surface area is 102 Å². The molecule has 1 aliphatic rings. The summed E-state index contributed by atoms with van der Waals surface area (Å²) >= 11 is 0. The number of aliphatic hydroxyl groups excluding tert-OH is 3. The highest BCUT2D eigenvalue weighted by Crippen LogP contribution is 2.29. The molecular formula is C10H21NO5S. The van der Waals surface area contributed by atoms with Crippen LogP contribution in [0.15, 0.2) is 0 Å². The standard InChI is InChI=1S/C10H21NO5S/c12-6-10(7-13,8-14)11-17(15,16)5-4-9-2-1-3-9/h9,11-14H,1-8H2. The maximum atomic E-state index is 11.7. The summed E-state index contributed by atoms with van der Waals surface area (Å²) in [7, 11) is -3.58. The molecule has 6 nitrogen and oxygen atoms in total. The van der Waals surface area contributed by atoms with Gasteiger partial charge in [-0.2, -0.15) is 0 Å². The minimum atomic E-state index is -3.58. The third kappa shape index (κ3) is 4.18. The van der Waals surface area contributed by atoms with Gasteiger partial charge in [-0.3, -0.25) is 0 Å². The van der Waals surface area contributed by atoms with Gasteiger partial charge in [0.15, 0.2) is 0 Å². The highest BCUT2D eigenvalue weighted by Gasteiger charge is 2.33. The van der Waals surface area contributed by atoms with E-state index in [0.29, 0.717) is 12.3 Å². The van der Waals surface area contributed by atoms with Crippen LogP contribution in [0.2, 0.25) is 0 Å². The van der Waals surface area contributed by atoms with Crippen LogP contribution < -0.4 is 4.72 Å². The summed E-state index contributed by atoms with van der Waals surface area (Å²) in [5, 5.41) is 27.1. The Morgan fingerprint density at radius 1 is 1.12 bits per heavy atom. The average Bonchev–Trinajstić information content (AvgIpc) is 2.24. The first kappa shape index (κ1) is 14.8. The fourth-order valence-electron chi connectivity index (χ4n) is 1.73. The molecule has 0 radical (unpaired) electrons. The highest BCUT2D eigenvalue weighted by molar-refractivity contribution is 7.89. The van der Waals surface area contributed by atoms with Crippen LogP contribution in [-0.2, 0) is 10.0 Å². The van der Waals surface area contributed by atoms with Crippen LogP contribution in [0.3, 0.4) is 0 Å². The minimum Gasteiger partial charge on any atom is -0.394 e. The SMILES string of the molecule is O=S(=O)(CCC1CCC1)NC(CO)(CO)CO. The summed E-state index contributed by atoms with van der Waals surface area (Å²) in [6.45, 7) is -1.91. The van der Waals surface area contributed by atoms with Crippen LogP contribution in [0.25, 0.3) is 0 Å². The second-order valence-electron chi connectivity index (χ2n) is 4.76.